The number of primary amides is 1. The van der Waals surface area contributed by atoms with Gasteiger partial charge < -0.3 is 25.8 Å². The summed E-state index contributed by atoms with van der Waals surface area (Å²) in [4.78, 5) is 23.4. The van der Waals surface area contributed by atoms with Crippen LogP contribution in [0.5, 0.6) is 11.5 Å². The number of nitrogens with one attached hydrogen (secondary N) is 2. The van der Waals surface area contributed by atoms with E-state index in [-0.39, 0.29) is 13.0 Å². The fraction of sp³-hybridized carbons (Fsp3) is 0.263. The van der Waals surface area contributed by atoms with Gasteiger partial charge in [0.2, 0.25) is 5.91 Å². The predicted molar refractivity (Wildman–Crippen MR) is 102 cm³/mol. The van der Waals surface area contributed by atoms with E-state index in [9.17, 15) is 9.59 Å². The summed E-state index contributed by atoms with van der Waals surface area (Å²) in [5.41, 5.74) is 7.20. The maximum atomic E-state index is 12.2. The first-order valence-corrected chi connectivity index (χ1v) is 8.90. The Morgan fingerprint density at radius 1 is 1.15 bits per heavy atom. The molecular weight excluding hydrogens is 370 g/mol. The Kier molecular flexibility index (Phi) is 6.03. The first-order chi connectivity index (χ1) is 13.0. The number of urea groups is 1. The van der Waals surface area contributed by atoms with Crippen molar-refractivity contribution in [2.24, 2.45) is 5.73 Å². The lowest BCUT2D eigenvalue weighted by Gasteiger charge is -2.13. The molecule has 0 saturated carbocycles. The highest BCUT2D eigenvalue weighted by Gasteiger charge is 2.16. The minimum Gasteiger partial charge on any atom is -0.489 e. The summed E-state index contributed by atoms with van der Waals surface area (Å²) in [5.74, 6) is 0.637. The van der Waals surface area contributed by atoms with E-state index in [1.807, 2.05) is 0 Å². The van der Waals surface area contributed by atoms with Gasteiger partial charge in [-0.3, -0.25) is 4.79 Å². The Labute approximate surface area is 161 Å². The van der Waals surface area contributed by atoms with Crippen LogP contribution in [0.1, 0.15) is 17.5 Å². The summed E-state index contributed by atoms with van der Waals surface area (Å²) in [6.07, 6.45) is 0.833. The van der Waals surface area contributed by atoms with E-state index in [0.717, 1.165) is 12.0 Å². The Morgan fingerprint density at radius 2 is 1.93 bits per heavy atom. The van der Waals surface area contributed by atoms with Gasteiger partial charge in [-0.1, -0.05) is 29.8 Å². The normalized spacial score (nSPS) is 12.8. The minimum absolute atomic E-state index is 0.0498. The highest BCUT2D eigenvalue weighted by atomic mass is 35.5. The van der Waals surface area contributed by atoms with Crippen LogP contribution in [0.15, 0.2) is 36.4 Å². The van der Waals surface area contributed by atoms with Gasteiger partial charge in [-0.25, -0.2) is 4.79 Å². The molecular formula is C19H20ClN3O4. The molecule has 2 aromatic rings. The molecule has 4 N–H and O–H groups in total. The van der Waals surface area contributed by atoms with Crippen molar-refractivity contribution < 1.29 is 19.1 Å². The molecule has 0 aromatic heterocycles. The summed E-state index contributed by atoms with van der Waals surface area (Å²) in [7, 11) is 0. The Hall–Kier alpha value is -2.93. The second-order valence-electron chi connectivity index (χ2n) is 6.06. The van der Waals surface area contributed by atoms with Crippen LogP contribution in [0.25, 0.3) is 0 Å². The van der Waals surface area contributed by atoms with Crippen molar-refractivity contribution in [3.05, 3.63) is 52.5 Å². The van der Waals surface area contributed by atoms with Crippen molar-refractivity contribution in [2.75, 3.05) is 18.5 Å². The number of ether oxygens (including phenoxy) is 2. The number of fused-ring (bicyclic) bond motifs is 1. The summed E-state index contributed by atoms with van der Waals surface area (Å²) in [5, 5.41) is 5.93. The number of benzene rings is 2. The van der Waals surface area contributed by atoms with Crippen molar-refractivity contribution >= 4 is 29.2 Å². The molecule has 27 heavy (non-hydrogen) atoms. The predicted octanol–water partition coefficient (Wildman–Crippen LogP) is 2.85. The number of hydrogen-bond donors (Lipinski definition) is 3. The van der Waals surface area contributed by atoms with Gasteiger partial charge in [0.05, 0.1) is 24.7 Å². The summed E-state index contributed by atoms with van der Waals surface area (Å²) in [6, 6.07) is 10.1. The maximum Gasteiger partial charge on any atom is 0.319 e. The topological polar surface area (TPSA) is 103 Å². The molecule has 8 heteroatoms. The minimum atomic E-state index is -0.466. The zero-order valence-corrected chi connectivity index (χ0v) is 15.3. The number of carbonyl (C=O) groups is 2. The number of anilines is 1. The molecule has 3 amide bonds. The highest BCUT2D eigenvalue weighted by molar-refractivity contribution is 6.32. The number of amides is 3. The van der Waals surface area contributed by atoms with Crippen LogP contribution in [0.3, 0.4) is 0 Å². The van der Waals surface area contributed by atoms with Crippen LogP contribution in [-0.2, 0) is 17.8 Å². The van der Waals surface area contributed by atoms with E-state index < -0.39 is 11.9 Å². The zero-order chi connectivity index (χ0) is 19.2. The summed E-state index contributed by atoms with van der Waals surface area (Å²) in [6.45, 7) is 1.36. The van der Waals surface area contributed by atoms with Gasteiger partial charge in [0.15, 0.2) is 11.5 Å². The zero-order valence-electron chi connectivity index (χ0n) is 14.6. The molecule has 7 nitrogen and oxygen atoms in total. The first-order valence-electron chi connectivity index (χ1n) is 8.52. The van der Waals surface area contributed by atoms with Gasteiger partial charge in [-0.2, -0.15) is 0 Å². The van der Waals surface area contributed by atoms with Crippen LogP contribution in [0.4, 0.5) is 10.5 Å². The standard InChI is InChI=1S/C19H20ClN3O4/c20-14-8-12(9-16-18(14)27-7-3-6-26-16)11-22-19(25)23-15-5-2-1-4-13(15)10-17(21)24/h1-2,4-5,8-9H,3,6-7,10-11H2,(H2,21,24)(H2,22,23,25). The Bertz CT molecular complexity index is 857. The van der Waals surface area contributed by atoms with Crippen molar-refractivity contribution in [3.63, 3.8) is 0 Å². The molecule has 0 aliphatic carbocycles. The number of halogens is 1. The number of para-hydroxylation sites is 1. The molecule has 0 unspecified atom stereocenters. The molecule has 3 rings (SSSR count). The SMILES string of the molecule is NC(=O)Cc1ccccc1NC(=O)NCc1cc(Cl)c2c(c1)OCCCO2. The van der Waals surface area contributed by atoms with Gasteiger partial charge in [0.1, 0.15) is 0 Å². The number of hydrogen-bond acceptors (Lipinski definition) is 4. The third kappa shape index (κ3) is 5.04. The van der Waals surface area contributed by atoms with E-state index in [4.69, 9.17) is 26.8 Å². The van der Waals surface area contributed by atoms with Gasteiger partial charge >= 0.3 is 6.03 Å². The fourth-order valence-corrected chi connectivity index (χ4v) is 3.01. The van der Waals surface area contributed by atoms with E-state index in [2.05, 4.69) is 10.6 Å². The average Bonchev–Trinajstić information content (AvgIpc) is 2.87. The lowest BCUT2D eigenvalue weighted by molar-refractivity contribution is -0.117. The quantitative estimate of drug-likeness (QED) is 0.731. The van der Waals surface area contributed by atoms with E-state index >= 15 is 0 Å². The van der Waals surface area contributed by atoms with Crippen LogP contribution >= 0.6 is 11.6 Å². The number of rotatable bonds is 5. The van der Waals surface area contributed by atoms with E-state index in [1.54, 1.807) is 36.4 Å². The average molecular weight is 390 g/mol. The Balaban J connectivity index is 1.64. The van der Waals surface area contributed by atoms with Gasteiger partial charge in [-0.05, 0) is 29.3 Å². The van der Waals surface area contributed by atoms with Gasteiger partial charge in [-0.15, -0.1) is 0 Å². The molecule has 1 aliphatic heterocycles. The summed E-state index contributed by atoms with van der Waals surface area (Å²) < 4.78 is 11.2. The summed E-state index contributed by atoms with van der Waals surface area (Å²) >= 11 is 6.26. The largest absolute Gasteiger partial charge is 0.489 e. The molecule has 1 aliphatic rings. The van der Waals surface area contributed by atoms with Crippen molar-refractivity contribution in [1.29, 1.82) is 0 Å². The van der Waals surface area contributed by atoms with E-state index in [1.165, 1.54) is 0 Å². The molecule has 0 radical (unpaired) electrons. The van der Waals surface area contributed by atoms with E-state index in [0.29, 0.717) is 41.0 Å². The number of nitrogens with two attached hydrogens (primary N) is 1. The molecule has 142 valence electrons. The van der Waals surface area contributed by atoms with Crippen molar-refractivity contribution in [1.82, 2.24) is 5.32 Å². The van der Waals surface area contributed by atoms with Gasteiger partial charge in [0.25, 0.3) is 0 Å². The Morgan fingerprint density at radius 3 is 2.74 bits per heavy atom. The molecule has 2 aromatic carbocycles. The molecule has 0 fully saturated rings. The second kappa shape index (κ2) is 8.64. The van der Waals surface area contributed by atoms with Crippen LogP contribution in [-0.4, -0.2) is 25.2 Å². The van der Waals surface area contributed by atoms with Crippen LogP contribution < -0.4 is 25.8 Å². The second-order valence-corrected chi connectivity index (χ2v) is 6.47. The third-order valence-electron chi connectivity index (χ3n) is 3.95. The van der Waals surface area contributed by atoms with Gasteiger partial charge in [0, 0.05) is 18.7 Å². The van der Waals surface area contributed by atoms with Crippen LogP contribution in [0.2, 0.25) is 5.02 Å². The lowest BCUT2D eigenvalue weighted by atomic mass is 10.1. The smallest absolute Gasteiger partial charge is 0.319 e. The van der Waals surface area contributed by atoms with Crippen molar-refractivity contribution in [3.8, 4) is 11.5 Å². The third-order valence-corrected chi connectivity index (χ3v) is 4.23. The maximum absolute atomic E-state index is 12.2. The number of carbonyl (C=O) groups excluding carboxylic acids is 2. The monoisotopic (exact) mass is 389 g/mol. The molecule has 0 bridgehead atoms. The lowest BCUT2D eigenvalue weighted by Crippen LogP contribution is -2.29. The van der Waals surface area contributed by atoms with Crippen molar-refractivity contribution in [2.45, 2.75) is 19.4 Å². The molecule has 0 spiro atoms. The molecule has 0 atom stereocenters. The molecule has 0 saturated heterocycles. The first kappa shape index (κ1) is 18.8. The highest BCUT2D eigenvalue weighted by Crippen LogP contribution is 2.37. The fourth-order valence-electron chi connectivity index (χ4n) is 2.72. The molecule has 1 heterocycles. The van der Waals surface area contributed by atoms with Crippen LogP contribution in [0, 0.1) is 0 Å².